The van der Waals surface area contributed by atoms with Crippen LogP contribution in [0.5, 0.6) is 5.75 Å². The number of nitrogens with zero attached hydrogens (tertiary/aromatic N) is 1. The van der Waals surface area contributed by atoms with Crippen LogP contribution in [0.4, 0.5) is 0 Å². The van der Waals surface area contributed by atoms with Gasteiger partial charge in [0, 0.05) is 10.7 Å². The van der Waals surface area contributed by atoms with Crippen LogP contribution in [0.1, 0.15) is 26.3 Å². The second-order valence-corrected chi connectivity index (χ2v) is 5.40. The van der Waals surface area contributed by atoms with Crippen LogP contribution >= 0.6 is 11.6 Å². The maximum absolute atomic E-state index is 11.7. The summed E-state index contributed by atoms with van der Waals surface area (Å²) in [5, 5.41) is 4.50. The van der Waals surface area contributed by atoms with Gasteiger partial charge in [0.15, 0.2) is 6.61 Å². The van der Waals surface area contributed by atoms with Crippen LogP contribution < -0.4 is 10.2 Å². The second kappa shape index (κ2) is 9.15. The first-order valence-corrected chi connectivity index (χ1v) is 7.61. The molecule has 1 N–H and O–H groups in total. The molecule has 0 fully saturated rings. The number of hydrogen-bond donors (Lipinski definition) is 1. The number of aryl methyl sites for hydroxylation is 1. The molecule has 1 aromatic carbocycles. The third kappa shape index (κ3) is 6.28. The van der Waals surface area contributed by atoms with E-state index in [4.69, 9.17) is 21.1 Å². The van der Waals surface area contributed by atoms with E-state index in [-0.39, 0.29) is 12.6 Å². The normalized spacial score (nSPS) is 12.5. The molecule has 7 heteroatoms. The lowest BCUT2D eigenvalue weighted by Crippen LogP contribution is -2.28. The molecule has 6 nitrogen and oxygen atoms in total. The highest BCUT2D eigenvalue weighted by Gasteiger charge is 2.17. The first-order valence-electron chi connectivity index (χ1n) is 7.23. The van der Waals surface area contributed by atoms with Gasteiger partial charge < -0.3 is 9.47 Å². The van der Waals surface area contributed by atoms with Crippen molar-refractivity contribution in [3.8, 4) is 5.75 Å². The summed E-state index contributed by atoms with van der Waals surface area (Å²) in [6.07, 6.45) is 0. The number of nitrogens with one attached hydrogen (secondary N) is 1. The second-order valence-electron chi connectivity index (χ2n) is 4.96. The fourth-order valence-electron chi connectivity index (χ4n) is 1.64. The van der Waals surface area contributed by atoms with Gasteiger partial charge in [0.1, 0.15) is 5.75 Å². The Morgan fingerprint density at radius 3 is 2.70 bits per heavy atom. The van der Waals surface area contributed by atoms with E-state index in [9.17, 15) is 9.59 Å². The molecule has 23 heavy (non-hydrogen) atoms. The number of rotatable bonds is 7. The molecule has 0 aliphatic rings. The van der Waals surface area contributed by atoms with E-state index in [1.807, 2.05) is 6.92 Å². The zero-order valence-corrected chi connectivity index (χ0v) is 14.4. The zero-order chi connectivity index (χ0) is 17.4. The van der Waals surface area contributed by atoms with E-state index in [1.165, 1.54) is 0 Å². The molecule has 1 atom stereocenters. The predicted molar refractivity (Wildman–Crippen MR) is 88.7 cm³/mol. The van der Waals surface area contributed by atoms with Crippen LogP contribution in [0.25, 0.3) is 0 Å². The van der Waals surface area contributed by atoms with Crippen LogP contribution in [-0.2, 0) is 14.3 Å². The summed E-state index contributed by atoms with van der Waals surface area (Å²) in [5.74, 6) is -0.745. The number of carbonyl (C=O) groups excluding carboxylic acids is 2. The molecule has 0 aliphatic heterocycles. The van der Waals surface area contributed by atoms with E-state index >= 15 is 0 Å². The van der Waals surface area contributed by atoms with E-state index in [0.717, 1.165) is 5.56 Å². The monoisotopic (exact) mass is 340 g/mol. The van der Waals surface area contributed by atoms with Crippen molar-refractivity contribution in [2.45, 2.75) is 27.7 Å². The number of halogens is 1. The van der Waals surface area contributed by atoms with E-state index in [1.54, 1.807) is 39.0 Å². The minimum absolute atomic E-state index is 0.187. The largest absolute Gasteiger partial charge is 0.483 e. The number of esters is 1. The zero-order valence-electron chi connectivity index (χ0n) is 13.7. The van der Waals surface area contributed by atoms with Crippen LogP contribution in [0.15, 0.2) is 23.3 Å². The number of benzene rings is 1. The molecule has 1 aromatic rings. The van der Waals surface area contributed by atoms with Gasteiger partial charge in [-0.25, -0.2) is 5.43 Å². The Morgan fingerprint density at radius 1 is 1.39 bits per heavy atom. The van der Waals surface area contributed by atoms with Crippen LogP contribution in [0, 0.1) is 12.8 Å². The Labute approximate surface area is 140 Å². The first kappa shape index (κ1) is 19.0. The van der Waals surface area contributed by atoms with Crippen LogP contribution in [0.2, 0.25) is 5.02 Å². The number of hydrazone groups is 1. The van der Waals surface area contributed by atoms with Gasteiger partial charge in [-0.05, 0) is 51.5 Å². The summed E-state index contributed by atoms with van der Waals surface area (Å²) >= 11 is 5.85. The average molecular weight is 341 g/mol. The Hall–Kier alpha value is -2.08. The van der Waals surface area contributed by atoms with Crippen molar-refractivity contribution >= 4 is 29.2 Å². The highest BCUT2D eigenvalue weighted by molar-refractivity contribution is 6.30. The highest BCUT2D eigenvalue weighted by Crippen LogP contribution is 2.21. The number of amides is 1. The lowest BCUT2D eigenvalue weighted by atomic mass is 10.1. The van der Waals surface area contributed by atoms with Crippen LogP contribution in [-0.4, -0.2) is 30.8 Å². The van der Waals surface area contributed by atoms with Crippen molar-refractivity contribution in [1.82, 2.24) is 5.43 Å². The summed E-state index contributed by atoms with van der Waals surface area (Å²) in [6, 6.07) is 5.13. The Morgan fingerprint density at radius 2 is 2.09 bits per heavy atom. The van der Waals surface area contributed by atoms with E-state index in [0.29, 0.717) is 23.1 Å². The minimum Gasteiger partial charge on any atom is -0.483 e. The average Bonchev–Trinajstić information content (AvgIpc) is 2.51. The van der Waals surface area contributed by atoms with Gasteiger partial charge in [-0.1, -0.05) is 11.6 Å². The summed E-state index contributed by atoms with van der Waals surface area (Å²) in [4.78, 5) is 23.3. The van der Waals surface area contributed by atoms with Crippen molar-refractivity contribution in [2.24, 2.45) is 11.0 Å². The smallest absolute Gasteiger partial charge is 0.314 e. The van der Waals surface area contributed by atoms with Crippen molar-refractivity contribution < 1.29 is 19.1 Å². The van der Waals surface area contributed by atoms with Crippen molar-refractivity contribution in [1.29, 1.82) is 0 Å². The van der Waals surface area contributed by atoms with Gasteiger partial charge in [-0.2, -0.15) is 5.10 Å². The number of ether oxygens (including phenoxy) is 2. The standard InChI is InChI=1S/C16H21ClN2O4/c1-5-22-16(21)11(3)12(4)18-19-15(20)9-23-14-7-6-13(17)8-10(14)2/h6-8,11H,5,9H2,1-4H3,(H,19,20)/b18-12-. The van der Waals surface area contributed by atoms with E-state index in [2.05, 4.69) is 10.5 Å². The number of hydrogen-bond acceptors (Lipinski definition) is 5. The minimum atomic E-state index is -0.519. The number of carbonyl (C=O) groups is 2. The topological polar surface area (TPSA) is 77.0 Å². The third-order valence-corrected chi connectivity index (χ3v) is 3.35. The molecule has 0 spiro atoms. The molecule has 0 heterocycles. The molecule has 0 aromatic heterocycles. The van der Waals surface area contributed by atoms with Crippen molar-refractivity contribution in [3.05, 3.63) is 28.8 Å². The quantitative estimate of drug-likeness (QED) is 0.470. The Kier molecular flexibility index (Phi) is 7.54. The molecule has 1 unspecified atom stereocenters. The van der Waals surface area contributed by atoms with E-state index < -0.39 is 11.8 Å². The van der Waals surface area contributed by atoms with Gasteiger partial charge in [0.05, 0.1) is 12.5 Å². The predicted octanol–water partition coefficient (Wildman–Crippen LogP) is 2.72. The third-order valence-electron chi connectivity index (χ3n) is 3.12. The molecular weight excluding hydrogens is 320 g/mol. The fraction of sp³-hybridized carbons (Fsp3) is 0.438. The summed E-state index contributed by atoms with van der Waals surface area (Å²) in [6.45, 7) is 6.99. The summed E-state index contributed by atoms with van der Waals surface area (Å²) in [7, 11) is 0. The van der Waals surface area contributed by atoms with Gasteiger partial charge in [-0.3, -0.25) is 9.59 Å². The first-order chi connectivity index (χ1) is 10.8. The Bertz CT molecular complexity index is 602. The fourth-order valence-corrected chi connectivity index (χ4v) is 1.86. The SMILES string of the molecule is CCOC(=O)C(C)/C(C)=N\NC(=O)COc1ccc(Cl)cc1C. The molecule has 1 amide bonds. The molecular formula is C16H21ClN2O4. The molecule has 126 valence electrons. The molecule has 0 saturated carbocycles. The van der Waals surface area contributed by atoms with Crippen molar-refractivity contribution in [2.75, 3.05) is 13.2 Å². The molecule has 0 radical (unpaired) electrons. The lowest BCUT2D eigenvalue weighted by Gasteiger charge is -2.11. The summed E-state index contributed by atoms with van der Waals surface area (Å²) in [5.41, 5.74) is 3.64. The molecule has 0 aliphatic carbocycles. The van der Waals surface area contributed by atoms with Gasteiger partial charge in [-0.15, -0.1) is 0 Å². The lowest BCUT2D eigenvalue weighted by molar-refractivity contribution is -0.145. The molecule has 1 rings (SSSR count). The Balaban J connectivity index is 2.50. The van der Waals surface area contributed by atoms with Crippen LogP contribution in [0.3, 0.4) is 0 Å². The van der Waals surface area contributed by atoms with Gasteiger partial charge in [0.2, 0.25) is 0 Å². The highest BCUT2D eigenvalue weighted by atomic mass is 35.5. The summed E-state index contributed by atoms with van der Waals surface area (Å²) < 4.78 is 10.3. The van der Waals surface area contributed by atoms with Gasteiger partial charge in [0.25, 0.3) is 5.91 Å². The maximum atomic E-state index is 11.7. The molecule has 0 saturated heterocycles. The van der Waals surface area contributed by atoms with Crippen molar-refractivity contribution in [3.63, 3.8) is 0 Å². The maximum Gasteiger partial charge on any atom is 0.314 e. The van der Waals surface area contributed by atoms with Gasteiger partial charge >= 0.3 is 5.97 Å². The molecule has 0 bridgehead atoms.